The van der Waals surface area contributed by atoms with Gasteiger partial charge in [-0.15, -0.1) is 0 Å². The van der Waals surface area contributed by atoms with Crippen molar-refractivity contribution < 1.29 is 24.5 Å². The maximum absolute atomic E-state index is 12.4. The van der Waals surface area contributed by atoms with E-state index in [-0.39, 0.29) is 18.5 Å². The Balaban J connectivity index is 3.37. The quantitative estimate of drug-likeness (QED) is 0.0321. The average molecular weight is 987 g/mol. The van der Waals surface area contributed by atoms with Crippen molar-refractivity contribution in [3.63, 3.8) is 0 Å². The molecule has 0 aromatic heterocycles. The Kier molecular flexibility index (Phi) is 58.5. The van der Waals surface area contributed by atoms with Gasteiger partial charge >= 0.3 is 5.97 Å². The molecule has 0 rings (SSSR count). The van der Waals surface area contributed by atoms with E-state index >= 15 is 0 Å². The molecule has 0 aliphatic rings. The number of amides is 1. The van der Waals surface area contributed by atoms with Crippen LogP contribution in [0.4, 0.5) is 0 Å². The van der Waals surface area contributed by atoms with Gasteiger partial charge in [-0.1, -0.05) is 301 Å². The standard InChI is InChI=1S/C64H123NO5/c1-3-5-7-9-11-13-15-16-17-18-24-28-31-34-38-42-46-50-54-58-64(69)70-59-55-51-47-43-39-35-32-29-26-23-21-19-20-22-25-27-30-33-37-41-45-49-53-57-63(68)65-61(60-66)62(67)56-52-48-44-40-36-14-12-10-8-6-4-2/h22,25,52,56,61-62,66-67H,3-21,23-24,26-51,53-55,57-60H2,1-2H3,(H,65,68)/b25-22-,56-52+. The zero-order valence-electron chi connectivity index (χ0n) is 47.3. The number of aliphatic hydroxyl groups excluding tert-OH is 2. The van der Waals surface area contributed by atoms with Crippen molar-refractivity contribution in [3.8, 4) is 0 Å². The molecule has 0 bridgehead atoms. The van der Waals surface area contributed by atoms with Crippen LogP contribution in [-0.4, -0.2) is 47.4 Å². The lowest BCUT2D eigenvalue weighted by Crippen LogP contribution is -2.45. The Hall–Kier alpha value is -1.66. The van der Waals surface area contributed by atoms with Crippen LogP contribution in [0.2, 0.25) is 0 Å². The van der Waals surface area contributed by atoms with Crippen molar-refractivity contribution in [2.45, 2.75) is 360 Å². The van der Waals surface area contributed by atoms with E-state index in [9.17, 15) is 19.8 Å². The van der Waals surface area contributed by atoms with Crippen molar-refractivity contribution in [1.82, 2.24) is 5.32 Å². The number of nitrogens with one attached hydrogen (secondary N) is 1. The topological polar surface area (TPSA) is 95.9 Å². The molecule has 0 aliphatic carbocycles. The minimum Gasteiger partial charge on any atom is -0.466 e. The number of unbranched alkanes of at least 4 members (excludes halogenated alkanes) is 46. The number of hydrogen-bond acceptors (Lipinski definition) is 5. The highest BCUT2D eigenvalue weighted by atomic mass is 16.5. The second-order valence-corrected chi connectivity index (χ2v) is 21.7. The number of carbonyl (C=O) groups excluding carboxylic acids is 2. The molecule has 414 valence electrons. The maximum Gasteiger partial charge on any atom is 0.305 e. The summed E-state index contributed by atoms with van der Waals surface area (Å²) in [5, 5.41) is 23.0. The lowest BCUT2D eigenvalue weighted by Gasteiger charge is -2.20. The number of esters is 1. The summed E-state index contributed by atoms with van der Waals surface area (Å²) in [4.78, 5) is 24.5. The molecule has 6 nitrogen and oxygen atoms in total. The Labute approximate surface area is 437 Å². The summed E-state index contributed by atoms with van der Waals surface area (Å²) < 4.78 is 5.50. The molecule has 0 aromatic carbocycles. The average Bonchev–Trinajstić information content (AvgIpc) is 3.36. The maximum atomic E-state index is 12.4. The number of rotatable bonds is 59. The van der Waals surface area contributed by atoms with Crippen molar-refractivity contribution in [1.29, 1.82) is 0 Å². The molecular weight excluding hydrogens is 863 g/mol. The smallest absolute Gasteiger partial charge is 0.305 e. The zero-order valence-corrected chi connectivity index (χ0v) is 47.3. The van der Waals surface area contributed by atoms with E-state index in [2.05, 4.69) is 31.3 Å². The van der Waals surface area contributed by atoms with Gasteiger partial charge in [0.2, 0.25) is 5.91 Å². The molecule has 0 spiro atoms. The largest absolute Gasteiger partial charge is 0.466 e. The van der Waals surface area contributed by atoms with Crippen LogP contribution in [0.25, 0.3) is 0 Å². The van der Waals surface area contributed by atoms with E-state index in [0.717, 1.165) is 44.9 Å². The molecule has 0 fully saturated rings. The van der Waals surface area contributed by atoms with Crippen molar-refractivity contribution in [3.05, 3.63) is 24.3 Å². The highest BCUT2D eigenvalue weighted by molar-refractivity contribution is 5.76. The zero-order chi connectivity index (χ0) is 50.7. The summed E-state index contributed by atoms with van der Waals surface area (Å²) in [6.07, 6.45) is 73.7. The highest BCUT2D eigenvalue weighted by Gasteiger charge is 2.18. The minimum absolute atomic E-state index is 0.0160. The van der Waals surface area contributed by atoms with E-state index in [0.29, 0.717) is 19.4 Å². The first-order valence-electron chi connectivity index (χ1n) is 31.6. The summed E-state index contributed by atoms with van der Waals surface area (Å²) in [5.74, 6) is -0.0586. The first-order valence-corrected chi connectivity index (χ1v) is 31.6. The van der Waals surface area contributed by atoms with E-state index in [1.165, 1.54) is 276 Å². The summed E-state index contributed by atoms with van der Waals surface area (Å²) in [6, 6.07) is -0.631. The van der Waals surface area contributed by atoms with Gasteiger partial charge in [-0.3, -0.25) is 9.59 Å². The lowest BCUT2D eigenvalue weighted by atomic mass is 10.0. The normalized spacial score (nSPS) is 12.7. The first kappa shape index (κ1) is 68.3. The SMILES string of the molecule is CCCCCCCCCCC/C=C/C(O)C(CO)NC(=O)CCCCCCCCC/C=C\CCCCCCCCCCCCCCOC(=O)CCCCCCCCCCCCCCCCCCCCC. The third-order valence-electron chi connectivity index (χ3n) is 14.7. The Morgan fingerprint density at radius 1 is 0.386 bits per heavy atom. The summed E-state index contributed by atoms with van der Waals surface area (Å²) in [5.41, 5.74) is 0. The van der Waals surface area contributed by atoms with Crippen molar-refractivity contribution in [2.75, 3.05) is 13.2 Å². The second-order valence-electron chi connectivity index (χ2n) is 21.7. The molecule has 0 radical (unpaired) electrons. The summed E-state index contributed by atoms with van der Waals surface area (Å²) in [6.45, 7) is 4.91. The van der Waals surface area contributed by atoms with Gasteiger partial charge in [0.1, 0.15) is 0 Å². The summed E-state index contributed by atoms with van der Waals surface area (Å²) in [7, 11) is 0. The summed E-state index contributed by atoms with van der Waals surface area (Å²) >= 11 is 0. The molecular formula is C64H123NO5. The number of allylic oxidation sites excluding steroid dienone is 3. The van der Waals surface area contributed by atoms with E-state index < -0.39 is 12.1 Å². The van der Waals surface area contributed by atoms with Gasteiger partial charge in [0.15, 0.2) is 0 Å². The fourth-order valence-corrected chi connectivity index (χ4v) is 9.87. The third-order valence-corrected chi connectivity index (χ3v) is 14.7. The molecule has 3 N–H and O–H groups in total. The van der Waals surface area contributed by atoms with Crippen LogP contribution in [0.3, 0.4) is 0 Å². The Bertz CT molecular complexity index is 1090. The molecule has 2 atom stereocenters. The van der Waals surface area contributed by atoms with Crippen LogP contribution < -0.4 is 5.32 Å². The van der Waals surface area contributed by atoms with Gasteiger partial charge < -0.3 is 20.3 Å². The second kappa shape index (κ2) is 59.9. The van der Waals surface area contributed by atoms with Crippen LogP contribution in [-0.2, 0) is 14.3 Å². The molecule has 0 aliphatic heterocycles. The van der Waals surface area contributed by atoms with Crippen LogP contribution in [0.1, 0.15) is 348 Å². The van der Waals surface area contributed by atoms with Crippen LogP contribution in [0.5, 0.6) is 0 Å². The Morgan fingerprint density at radius 3 is 1.01 bits per heavy atom. The third kappa shape index (κ3) is 55.7. The predicted molar refractivity (Wildman–Crippen MR) is 306 cm³/mol. The van der Waals surface area contributed by atoms with Gasteiger partial charge in [0, 0.05) is 12.8 Å². The van der Waals surface area contributed by atoms with Crippen molar-refractivity contribution >= 4 is 11.9 Å². The first-order chi connectivity index (χ1) is 34.5. The number of ether oxygens (including phenoxy) is 1. The number of carbonyl (C=O) groups is 2. The van der Waals surface area contributed by atoms with Gasteiger partial charge in [-0.25, -0.2) is 0 Å². The fraction of sp³-hybridized carbons (Fsp3) is 0.906. The lowest BCUT2D eigenvalue weighted by molar-refractivity contribution is -0.143. The van der Waals surface area contributed by atoms with Gasteiger partial charge in [0.25, 0.3) is 0 Å². The van der Waals surface area contributed by atoms with Crippen LogP contribution >= 0.6 is 0 Å². The molecule has 0 aromatic rings. The van der Waals surface area contributed by atoms with E-state index in [4.69, 9.17) is 4.74 Å². The monoisotopic (exact) mass is 986 g/mol. The van der Waals surface area contributed by atoms with Crippen LogP contribution in [0, 0.1) is 0 Å². The van der Waals surface area contributed by atoms with Gasteiger partial charge in [-0.2, -0.15) is 0 Å². The molecule has 0 saturated carbocycles. The molecule has 6 heteroatoms. The van der Waals surface area contributed by atoms with Crippen molar-refractivity contribution in [2.24, 2.45) is 0 Å². The van der Waals surface area contributed by atoms with Crippen LogP contribution in [0.15, 0.2) is 24.3 Å². The number of hydrogen-bond donors (Lipinski definition) is 3. The predicted octanol–water partition coefficient (Wildman–Crippen LogP) is 19.8. The van der Waals surface area contributed by atoms with E-state index in [1.807, 2.05) is 6.08 Å². The highest BCUT2D eigenvalue weighted by Crippen LogP contribution is 2.18. The Morgan fingerprint density at radius 2 is 0.671 bits per heavy atom. The molecule has 0 heterocycles. The van der Waals surface area contributed by atoms with Gasteiger partial charge in [-0.05, 0) is 57.8 Å². The van der Waals surface area contributed by atoms with Gasteiger partial charge in [0.05, 0.1) is 25.4 Å². The molecule has 0 saturated heterocycles. The number of aliphatic hydroxyl groups is 2. The van der Waals surface area contributed by atoms with E-state index in [1.54, 1.807) is 6.08 Å². The molecule has 1 amide bonds. The fourth-order valence-electron chi connectivity index (χ4n) is 9.87. The minimum atomic E-state index is -0.846. The molecule has 70 heavy (non-hydrogen) atoms. The molecule has 2 unspecified atom stereocenters.